The van der Waals surface area contributed by atoms with Gasteiger partial charge in [-0.1, -0.05) is 105 Å². The molecule has 58 heavy (non-hydrogen) atoms. The van der Waals surface area contributed by atoms with Crippen molar-refractivity contribution in [3.8, 4) is 16.8 Å². The van der Waals surface area contributed by atoms with Crippen molar-refractivity contribution in [2.24, 2.45) is 0 Å². The molecule has 0 atom stereocenters. The molecule has 0 bridgehead atoms. The molecule has 8 aromatic carbocycles. The van der Waals surface area contributed by atoms with Gasteiger partial charge in [-0.25, -0.2) is 0 Å². The molecule has 1 N–H and O–H groups in total. The van der Waals surface area contributed by atoms with Crippen molar-refractivity contribution in [2.75, 3.05) is 5.32 Å². The highest BCUT2D eigenvalue weighted by Crippen LogP contribution is 2.46. The van der Waals surface area contributed by atoms with E-state index in [1.54, 1.807) is 0 Å². The first-order valence-corrected chi connectivity index (χ1v) is 21.5. The molecular weight excluding hydrogens is 744 g/mol. The Bertz CT molecular complexity index is 3720. The van der Waals surface area contributed by atoms with Gasteiger partial charge in [0.05, 0.1) is 5.52 Å². The van der Waals surface area contributed by atoms with Gasteiger partial charge in [0.1, 0.15) is 11.2 Å². The molecule has 13 rings (SSSR count). The average molecular weight is 778 g/mol. The SMILES string of the molecule is CC(C)(C)c1ccc(Nc2cc3sc4ccccc4c3cc2-c2ccc3c4c5c(ccc4n4c3c2[B]c2cc3sc6ccccc6c3cc2-4)oc2ccccc25)cc1. The van der Waals surface area contributed by atoms with Crippen molar-refractivity contribution in [1.82, 2.24) is 4.57 Å². The van der Waals surface area contributed by atoms with E-state index in [0.717, 1.165) is 27.9 Å². The van der Waals surface area contributed by atoms with E-state index < -0.39 is 0 Å². The summed E-state index contributed by atoms with van der Waals surface area (Å²) in [7, 11) is 2.46. The minimum Gasteiger partial charge on any atom is -0.456 e. The van der Waals surface area contributed by atoms with E-state index in [1.807, 2.05) is 22.7 Å². The number of furan rings is 1. The maximum absolute atomic E-state index is 6.50. The number of para-hydroxylation sites is 1. The minimum absolute atomic E-state index is 0.0814. The molecule has 1 radical (unpaired) electrons. The Morgan fingerprint density at radius 1 is 0.552 bits per heavy atom. The summed E-state index contributed by atoms with van der Waals surface area (Å²) >= 11 is 3.74. The lowest BCUT2D eigenvalue weighted by atomic mass is 9.59. The monoisotopic (exact) mass is 777 g/mol. The van der Waals surface area contributed by atoms with Crippen molar-refractivity contribution in [3.63, 3.8) is 0 Å². The van der Waals surface area contributed by atoms with Gasteiger partial charge in [-0.15, -0.1) is 22.7 Å². The number of hydrogen-bond donors (Lipinski definition) is 1. The molecule has 0 aliphatic carbocycles. The molecule has 5 heterocycles. The van der Waals surface area contributed by atoms with E-state index >= 15 is 0 Å². The highest BCUT2D eigenvalue weighted by atomic mass is 32.1. The second-order valence-electron chi connectivity index (χ2n) is 16.8. The van der Waals surface area contributed by atoms with E-state index in [9.17, 15) is 0 Å². The lowest BCUT2D eigenvalue weighted by molar-refractivity contribution is 0.590. The Morgan fingerprint density at radius 3 is 2.00 bits per heavy atom. The number of aromatic nitrogens is 1. The second-order valence-corrected chi connectivity index (χ2v) is 19.0. The van der Waals surface area contributed by atoms with Crippen LogP contribution >= 0.6 is 22.7 Å². The predicted molar refractivity (Wildman–Crippen MR) is 253 cm³/mol. The Morgan fingerprint density at radius 2 is 1.24 bits per heavy atom. The van der Waals surface area contributed by atoms with Gasteiger partial charge in [0.25, 0.3) is 0 Å². The zero-order chi connectivity index (χ0) is 38.4. The van der Waals surface area contributed by atoms with E-state index in [4.69, 9.17) is 4.42 Å². The van der Waals surface area contributed by atoms with Gasteiger partial charge in [-0.05, 0) is 88.7 Å². The topological polar surface area (TPSA) is 30.1 Å². The number of benzene rings is 8. The number of fused-ring (bicyclic) bond motifs is 15. The van der Waals surface area contributed by atoms with Crippen molar-refractivity contribution in [1.29, 1.82) is 0 Å². The fourth-order valence-electron chi connectivity index (χ4n) is 9.61. The normalized spacial score (nSPS) is 12.9. The molecule has 4 aromatic heterocycles. The maximum Gasteiger partial charge on any atom is 0.197 e. The summed E-state index contributed by atoms with van der Waals surface area (Å²) in [5.41, 5.74) is 13.9. The Balaban J connectivity index is 1.13. The highest BCUT2D eigenvalue weighted by Gasteiger charge is 2.29. The van der Waals surface area contributed by atoms with E-state index in [1.165, 1.54) is 101 Å². The fourth-order valence-corrected chi connectivity index (χ4v) is 11.9. The Labute approximate surface area is 343 Å². The molecule has 0 unspecified atom stereocenters. The van der Waals surface area contributed by atoms with Crippen molar-refractivity contribution >= 4 is 136 Å². The predicted octanol–water partition coefficient (Wildman–Crippen LogP) is 14.1. The zero-order valence-corrected chi connectivity index (χ0v) is 33.7. The lowest BCUT2D eigenvalue weighted by Gasteiger charge is -2.24. The summed E-state index contributed by atoms with van der Waals surface area (Å²) in [6.07, 6.45) is 0. The number of nitrogens with zero attached hydrogens (tertiary/aromatic N) is 1. The van der Waals surface area contributed by atoms with Crippen LogP contribution < -0.4 is 16.2 Å². The van der Waals surface area contributed by atoms with Crippen LogP contribution in [-0.2, 0) is 5.41 Å². The van der Waals surface area contributed by atoms with Crippen LogP contribution in [0.1, 0.15) is 26.3 Å². The third kappa shape index (κ3) is 4.56. The largest absolute Gasteiger partial charge is 0.456 e. The van der Waals surface area contributed by atoms with E-state index in [0.29, 0.717) is 0 Å². The standard InChI is InChI=1S/C52H34BN2OS2/c1-52(2,3)28-16-18-29(19-17-28)54-39-27-47-36(30-10-5-8-14-44(30)58-47)24-35(39)32-20-21-34-48-40(22-23-43-49(48)33-12-4-7-13-42(33)56-43)55-41-25-37-31-11-6-9-15-45(31)57-46(37)26-38(41)53-50(32)51(34)55/h4-27,54H,1-3H3. The van der Waals surface area contributed by atoms with Crippen LogP contribution in [0, 0.1) is 0 Å². The average Bonchev–Trinajstić information content (AvgIpc) is 3.99. The van der Waals surface area contributed by atoms with Gasteiger partial charge in [0.15, 0.2) is 7.28 Å². The third-order valence-electron chi connectivity index (χ3n) is 12.4. The third-order valence-corrected chi connectivity index (χ3v) is 14.6. The van der Waals surface area contributed by atoms with Crippen LogP contribution in [-0.4, -0.2) is 11.8 Å². The van der Waals surface area contributed by atoms with Crippen LogP contribution in [0.4, 0.5) is 11.4 Å². The van der Waals surface area contributed by atoms with Gasteiger partial charge in [-0.3, -0.25) is 0 Å². The van der Waals surface area contributed by atoms with Crippen LogP contribution in [0.15, 0.2) is 150 Å². The molecule has 0 fully saturated rings. The van der Waals surface area contributed by atoms with E-state index in [2.05, 4.69) is 184 Å². The molecule has 1 aliphatic rings. The molecule has 273 valence electrons. The van der Waals surface area contributed by atoms with Gasteiger partial charge in [0, 0.05) is 90.0 Å². The van der Waals surface area contributed by atoms with Crippen LogP contribution in [0.25, 0.3) is 101 Å². The molecule has 6 heteroatoms. The molecule has 0 saturated heterocycles. The molecule has 0 amide bonds. The number of thiophene rings is 2. The summed E-state index contributed by atoms with van der Waals surface area (Å²) < 4.78 is 14.2. The summed E-state index contributed by atoms with van der Waals surface area (Å²) in [6.45, 7) is 6.80. The van der Waals surface area contributed by atoms with Crippen molar-refractivity contribution in [2.45, 2.75) is 26.2 Å². The zero-order valence-electron chi connectivity index (χ0n) is 32.1. The van der Waals surface area contributed by atoms with Crippen LogP contribution in [0.5, 0.6) is 0 Å². The molecule has 1 aliphatic heterocycles. The Kier molecular flexibility index (Phi) is 6.56. The van der Waals surface area contributed by atoms with Crippen LogP contribution in [0.2, 0.25) is 0 Å². The molecule has 3 nitrogen and oxygen atoms in total. The molecule has 0 saturated carbocycles. The first-order chi connectivity index (χ1) is 28.4. The smallest absolute Gasteiger partial charge is 0.197 e. The van der Waals surface area contributed by atoms with Crippen molar-refractivity contribution in [3.05, 3.63) is 151 Å². The first kappa shape index (κ1) is 32.7. The van der Waals surface area contributed by atoms with Gasteiger partial charge in [-0.2, -0.15) is 0 Å². The highest BCUT2D eigenvalue weighted by molar-refractivity contribution is 7.26. The molecular formula is C52H34BN2OS2. The summed E-state index contributed by atoms with van der Waals surface area (Å²) in [5, 5.41) is 13.9. The first-order valence-electron chi connectivity index (χ1n) is 19.9. The van der Waals surface area contributed by atoms with E-state index in [-0.39, 0.29) is 5.41 Å². The lowest BCUT2D eigenvalue weighted by Crippen LogP contribution is -2.37. The fraction of sp³-hybridized carbons (Fsp3) is 0.0769. The van der Waals surface area contributed by atoms with Gasteiger partial charge in [0.2, 0.25) is 0 Å². The molecule has 0 spiro atoms. The number of nitrogens with one attached hydrogen (secondary N) is 1. The summed E-state index contributed by atoms with van der Waals surface area (Å²) in [6, 6.07) is 53.9. The second kappa shape index (κ2) is 11.6. The number of hydrogen-bond acceptors (Lipinski definition) is 4. The summed E-state index contributed by atoms with van der Waals surface area (Å²) in [5.74, 6) is 0. The summed E-state index contributed by atoms with van der Waals surface area (Å²) in [4.78, 5) is 0. The van der Waals surface area contributed by atoms with Crippen molar-refractivity contribution < 1.29 is 4.42 Å². The van der Waals surface area contributed by atoms with Gasteiger partial charge >= 0.3 is 0 Å². The molecule has 12 aromatic rings. The number of rotatable bonds is 3. The quantitative estimate of drug-likeness (QED) is 0.181. The maximum atomic E-state index is 6.50. The Hall–Kier alpha value is -6.34. The number of anilines is 2. The minimum atomic E-state index is 0.0814. The van der Waals surface area contributed by atoms with Crippen LogP contribution in [0.3, 0.4) is 0 Å². The van der Waals surface area contributed by atoms with Gasteiger partial charge < -0.3 is 14.3 Å².